The Hall–Kier alpha value is -12.2. The van der Waals surface area contributed by atoms with Crippen LogP contribution in [0.3, 0.4) is 0 Å². The molecular formula is C69H105N23O19S. The Kier molecular flexibility index (Phi) is 40.6. The standard InChI is InChI=1S/C69H105N23O19S/c1-34(2)25-45(62(106)84-42(14-10-24-79-69(75)76)59(103)88-46(58(102)80-31-54(98)99)27-38-15-17-40(93)18-16-38)87-60(104)43(19-21-51(71)94)83-56(100)36(5)82-67(111)55(35(3)4)92-65(109)47(26-37-11-7-6-8-12-37)89-63(107)48(28-39-30-77-33-81-39)90-61(105)44(20-22-53(96)97)85-66(110)50(32-112)91-64(108)49(29-52(72)95)86-57(101)41(70)13-9-23-78-68(73)74/h6-8,11-12,15-18,30,33-36,41-50,55,93,112H,9-10,13-14,19-29,31-32,70H2,1-5H3,(H2,71,94)(H2,72,95)(H,77,81)(H,80,102)(H,82,111)(H,83,100)(H,84,106)(H,85,110)(H,86,101)(H,87,104)(H,88,103)(H,89,107)(H,90,105)(H,91,108)(H,92,109)(H,96,97)(H,98,99)(H4,73,74,78)(H4,75,76,79)/t36-,41-,42-,43-,44-,45-,46-,47-,48-,49-,50-,55-/m0/s1. The number of aliphatic carboxylic acids is 2. The first kappa shape index (κ1) is 94.0. The van der Waals surface area contributed by atoms with E-state index < -0.39 is 223 Å². The van der Waals surface area contributed by atoms with E-state index in [2.05, 4.69) is 97.0 Å². The van der Waals surface area contributed by atoms with Gasteiger partial charge in [0.25, 0.3) is 0 Å². The topological polar surface area (TPSA) is 709 Å². The molecule has 0 saturated carbocycles. The predicted octanol–water partition coefficient (Wildman–Crippen LogP) is -6.81. The molecule has 42 nitrogen and oxygen atoms in total. The molecule has 14 amide bonds. The van der Waals surface area contributed by atoms with Gasteiger partial charge in [-0.1, -0.05) is 70.2 Å². The summed E-state index contributed by atoms with van der Waals surface area (Å²) in [5.74, 6) is -19.3. The number of carboxylic acids is 2. The van der Waals surface area contributed by atoms with Gasteiger partial charge in [-0.25, -0.2) is 4.98 Å². The van der Waals surface area contributed by atoms with E-state index in [0.717, 1.165) is 0 Å². The fourth-order valence-electron chi connectivity index (χ4n) is 10.8. The van der Waals surface area contributed by atoms with Crippen molar-refractivity contribution in [1.29, 1.82) is 10.8 Å². The number of thiol groups is 1. The number of hydrogen-bond acceptors (Lipinski definition) is 22. The summed E-state index contributed by atoms with van der Waals surface area (Å²) in [7, 11) is 0. The lowest BCUT2D eigenvalue weighted by Gasteiger charge is -2.29. The summed E-state index contributed by atoms with van der Waals surface area (Å²) in [6, 6.07) is -4.87. The molecule has 0 aliphatic carbocycles. The maximum atomic E-state index is 14.7. The zero-order chi connectivity index (χ0) is 83.9. The minimum absolute atomic E-state index is 0.0313. The fourth-order valence-corrected chi connectivity index (χ4v) is 11.0. The molecule has 0 aliphatic heterocycles. The van der Waals surface area contributed by atoms with Crippen molar-refractivity contribution >= 4 is 119 Å². The Morgan fingerprint density at radius 2 is 0.911 bits per heavy atom. The molecule has 30 N–H and O–H groups in total. The molecule has 0 spiro atoms. The average Bonchev–Trinajstić information content (AvgIpc) is 1.07. The van der Waals surface area contributed by atoms with Crippen LogP contribution in [0.5, 0.6) is 5.75 Å². The number of guanidine groups is 2. The lowest BCUT2D eigenvalue weighted by Crippen LogP contribution is -2.61. The van der Waals surface area contributed by atoms with Crippen LogP contribution in [0.2, 0.25) is 0 Å². The Labute approximate surface area is 650 Å². The molecule has 0 aliphatic rings. The molecule has 2 aromatic carbocycles. The first-order valence-corrected chi connectivity index (χ1v) is 36.3. The second-order valence-electron chi connectivity index (χ2n) is 27.0. The minimum atomic E-state index is -1.78. The van der Waals surface area contributed by atoms with Gasteiger partial charge in [-0.3, -0.25) is 87.5 Å². The summed E-state index contributed by atoms with van der Waals surface area (Å²) in [5.41, 5.74) is 28.7. The first-order valence-electron chi connectivity index (χ1n) is 35.7. The fraction of sp³-hybridized carbons (Fsp3) is 0.522. The van der Waals surface area contributed by atoms with Crippen molar-refractivity contribution in [2.45, 2.75) is 191 Å². The molecule has 1 aromatic heterocycles. The molecule has 1 heterocycles. The number of aromatic amines is 1. The van der Waals surface area contributed by atoms with Crippen LogP contribution in [0.15, 0.2) is 67.1 Å². The predicted molar refractivity (Wildman–Crippen MR) is 405 cm³/mol. The van der Waals surface area contributed by atoms with Crippen molar-refractivity contribution in [3.05, 3.63) is 83.9 Å². The molecule has 12 atom stereocenters. The number of primary amides is 2. The van der Waals surface area contributed by atoms with E-state index in [1.165, 1.54) is 57.6 Å². The quantitative estimate of drug-likeness (QED) is 0.0108. The van der Waals surface area contributed by atoms with Crippen LogP contribution in [0, 0.1) is 22.7 Å². The number of imidazole rings is 1. The molecule has 0 bridgehead atoms. The first-order chi connectivity index (χ1) is 52.8. The Morgan fingerprint density at radius 1 is 0.464 bits per heavy atom. The van der Waals surface area contributed by atoms with Crippen molar-refractivity contribution in [1.82, 2.24) is 84.4 Å². The van der Waals surface area contributed by atoms with E-state index >= 15 is 0 Å². The molecular weight excluding hydrogens is 1490 g/mol. The number of phenolic OH excluding ortho intramolecular Hbond substituents is 1. The number of amides is 14. The molecule has 3 aromatic rings. The van der Waals surface area contributed by atoms with E-state index in [-0.39, 0.29) is 87.8 Å². The zero-order valence-corrected chi connectivity index (χ0v) is 63.5. The van der Waals surface area contributed by atoms with Gasteiger partial charge in [0.2, 0.25) is 82.7 Å². The highest BCUT2D eigenvalue weighted by atomic mass is 32.1. The van der Waals surface area contributed by atoms with Crippen molar-refractivity contribution in [3.8, 4) is 5.75 Å². The maximum absolute atomic E-state index is 14.7. The normalized spacial score (nSPS) is 14.2. The van der Waals surface area contributed by atoms with Crippen LogP contribution in [0.4, 0.5) is 0 Å². The van der Waals surface area contributed by atoms with Crippen LogP contribution < -0.4 is 103 Å². The molecule has 43 heteroatoms. The number of phenols is 1. The molecule has 3 rings (SSSR count). The Morgan fingerprint density at radius 3 is 1.41 bits per heavy atom. The minimum Gasteiger partial charge on any atom is -0.508 e. The van der Waals surface area contributed by atoms with Gasteiger partial charge in [-0.15, -0.1) is 0 Å². The second kappa shape index (κ2) is 48.4. The number of aromatic nitrogens is 2. The van der Waals surface area contributed by atoms with Crippen molar-refractivity contribution < 1.29 is 92.0 Å². The van der Waals surface area contributed by atoms with Gasteiger partial charge < -0.3 is 123 Å². The lowest BCUT2D eigenvalue weighted by atomic mass is 10.00. The van der Waals surface area contributed by atoms with Crippen molar-refractivity contribution in [3.63, 3.8) is 0 Å². The molecule has 0 saturated heterocycles. The number of nitrogens with two attached hydrogens (primary N) is 5. The zero-order valence-electron chi connectivity index (χ0n) is 62.6. The third kappa shape index (κ3) is 35.9. The summed E-state index contributed by atoms with van der Waals surface area (Å²) in [4.78, 5) is 224. The molecule has 0 unspecified atom stereocenters. The van der Waals surface area contributed by atoms with Gasteiger partial charge in [-0.05, 0) is 87.0 Å². The number of H-pyrrole nitrogens is 1. The van der Waals surface area contributed by atoms with E-state index in [4.69, 9.17) is 39.5 Å². The third-order valence-electron chi connectivity index (χ3n) is 16.7. The van der Waals surface area contributed by atoms with Crippen LogP contribution in [-0.4, -0.2) is 230 Å². The maximum Gasteiger partial charge on any atom is 0.322 e. The van der Waals surface area contributed by atoms with E-state index in [9.17, 15) is 92.0 Å². The highest BCUT2D eigenvalue weighted by Crippen LogP contribution is 2.16. The number of nitrogens with zero attached hydrogens (tertiary/aromatic N) is 1. The SMILES string of the molecule is CC(C)C[C@H](NC(=O)[C@H](CCC(N)=O)NC(=O)[C@H](C)NC(=O)[C@@H](NC(=O)[C@H](Cc1ccccc1)NC(=O)[C@H](Cc1cnc[nH]1)NC(=O)[C@H](CCC(=O)O)NC(=O)[C@H](CS)NC(=O)[C@H](CC(N)=O)NC(=O)[C@@H](N)CCCNC(=N)N)C(C)C)C(=O)N[C@@H](CCCNC(=N)N)C(=O)N[C@@H](Cc1ccc(O)cc1)C(=O)NCC(=O)O. The lowest BCUT2D eigenvalue weighted by molar-refractivity contribution is -0.139. The van der Waals surface area contributed by atoms with Gasteiger partial charge in [0, 0.05) is 62.8 Å². The summed E-state index contributed by atoms with van der Waals surface area (Å²) >= 11 is 4.17. The highest BCUT2D eigenvalue weighted by molar-refractivity contribution is 7.80. The van der Waals surface area contributed by atoms with Gasteiger partial charge in [0.1, 0.15) is 78.8 Å². The summed E-state index contributed by atoms with van der Waals surface area (Å²) < 4.78 is 0. The number of aromatic hydroxyl groups is 1. The number of nitrogens with one attached hydrogen (secondary N) is 17. The van der Waals surface area contributed by atoms with Crippen LogP contribution in [0.1, 0.15) is 116 Å². The van der Waals surface area contributed by atoms with E-state index in [1.54, 1.807) is 44.2 Å². The van der Waals surface area contributed by atoms with Crippen LogP contribution in [-0.2, 0) is 96.0 Å². The van der Waals surface area contributed by atoms with Gasteiger partial charge in [-0.2, -0.15) is 12.6 Å². The smallest absolute Gasteiger partial charge is 0.322 e. The molecule has 0 fully saturated rings. The van der Waals surface area contributed by atoms with Crippen LogP contribution in [0.25, 0.3) is 0 Å². The number of carbonyl (C=O) groups excluding carboxylic acids is 14. The number of carbonyl (C=O) groups is 16. The van der Waals surface area contributed by atoms with Crippen LogP contribution >= 0.6 is 12.6 Å². The molecule has 0 radical (unpaired) electrons. The molecule has 616 valence electrons. The second-order valence-corrected chi connectivity index (χ2v) is 27.3. The summed E-state index contributed by atoms with van der Waals surface area (Å²) in [5, 5.41) is 78.4. The molecule has 112 heavy (non-hydrogen) atoms. The Balaban J connectivity index is 1.92. The number of benzene rings is 2. The van der Waals surface area contributed by atoms with Crippen molar-refractivity contribution in [2.75, 3.05) is 25.4 Å². The number of carboxylic acid groups (broad SMARTS) is 2. The largest absolute Gasteiger partial charge is 0.508 e. The van der Waals surface area contributed by atoms with Gasteiger partial charge in [0.15, 0.2) is 11.9 Å². The number of rotatable bonds is 51. The average molecular weight is 1590 g/mol. The summed E-state index contributed by atoms with van der Waals surface area (Å²) in [6.07, 6.45) is -1.24. The third-order valence-corrected chi connectivity index (χ3v) is 17.1. The number of hydrogen-bond donors (Lipinski definition) is 26. The van der Waals surface area contributed by atoms with Gasteiger partial charge >= 0.3 is 11.9 Å². The van der Waals surface area contributed by atoms with Crippen molar-refractivity contribution in [2.24, 2.45) is 40.5 Å². The van der Waals surface area contributed by atoms with E-state index in [0.29, 0.717) is 11.1 Å². The monoisotopic (exact) mass is 1590 g/mol. The van der Waals surface area contributed by atoms with E-state index in [1.807, 2.05) is 0 Å². The van der Waals surface area contributed by atoms with Gasteiger partial charge in [0.05, 0.1) is 18.8 Å². The summed E-state index contributed by atoms with van der Waals surface area (Å²) in [6.45, 7) is 7.10. The Bertz CT molecular complexity index is 3740. The highest BCUT2D eigenvalue weighted by Gasteiger charge is 2.38.